The van der Waals surface area contributed by atoms with E-state index in [1.807, 2.05) is 18.2 Å². The summed E-state index contributed by atoms with van der Waals surface area (Å²) in [5.41, 5.74) is 1.49. The zero-order valence-corrected chi connectivity index (χ0v) is 17.3. The third kappa shape index (κ3) is 4.03. The van der Waals surface area contributed by atoms with E-state index in [1.54, 1.807) is 26.4 Å². The van der Waals surface area contributed by atoms with E-state index in [0.29, 0.717) is 30.0 Å². The number of aromatic nitrogens is 2. The highest BCUT2D eigenvalue weighted by atomic mass is 19.1. The number of fused-ring (bicyclic) bond motifs is 1. The predicted octanol–water partition coefficient (Wildman–Crippen LogP) is 2.43. The maximum atomic E-state index is 14.3. The van der Waals surface area contributed by atoms with Gasteiger partial charge in [0.1, 0.15) is 5.82 Å². The van der Waals surface area contributed by atoms with E-state index in [2.05, 4.69) is 15.5 Å². The summed E-state index contributed by atoms with van der Waals surface area (Å²) in [6.07, 6.45) is 0.663. The van der Waals surface area contributed by atoms with Gasteiger partial charge >= 0.3 is 0 Å². The molecule has 162 valence electrons. The van der Waals surface area contributed by atoms with E-state index in [1.165, 1.54) is 11.0 Å². The van der Waals surface area contributed by atoms with Gasteiger partial charge in [-0.2, -0.15) is 5.10 Å². The van der Waals surface area contributed by atoms with Gasteiger partial charge in [-0.1, -0.05) is 12.1 Å². The quantitative estimate of drug-likeness (QED) is 0.605. The Balaban J connectivity index is 1.37. The molecule has 3 aromatic rings. The van der Waals surface area contributed by atoms with Crippen molar-refractivity contribution in [1.82, 2.24) is 15.5 Å². The monoisotopic (exact) mass is 426 g/mol. The van der Waals surface area contributed by atoms with Crippen LogP contribution in [0.1, 0.15) is 12.0 Å². The number of hydrogen-bond donors (Lipinski definition) is 2. The number of carbonyl (C=O) groups excluding carboxylic acids is 2. The van der Waals surface area contributed by atoms with Gasteiger partial charge < -0.3 is 14.8 Å². The number of ether oxygens (including phenoxy) is 2. The zero-order valence-electron chi connectivity index (χ0n) is 17.3. The number of nitrogens with zero attached hydrogens (tertiary/aromatic N) is 2. The number of anilines is 1. The van der Waals surface area contributed by atoms with Crippen LogP contribution in [-0.4, -0.2) is 49.3 Å². The summed E-state index contributed by atoms with van der Waals surface area (Å²) in [7, 11) is 3.14. The Kier molecular flexibility index (Phi) is 5.75. The molecule has 2 aromatic carbocycles. The maximum absolute atomic E-state index is 14.3. The molecule has 1 atom stereocenters. The molecule has 2 N–H and O–H groups in total. The number of methoxy groups -OCH3 is 2. The first-order chi connectivity index (χ1) is 15.0. The second kappa shape index (κ2) is 8.63. The van der Waals surface area contributed by atoms with Gasteiger partial charge in [-0.15, -0.1) is 0 Å². The number of benzene rings is 2. The number of amides is 2. The van der Waals surface area contributed by atoms with Gasteiger partial charge in [0.05, 0.1) is 31.0 Å². The molecule has 1 saturated heterocycles. The molecular weight excluding hydrogens is 403 g/mol. The van der Waals surface area contributed by atoms with Crippen LogP contribution in [0.4, 0.5) is 10.2 Å². The number of H-pyrrole nitrogens is 1. The molecule has 2 amide bonds. The summed E-state index contributed by atoms with van der Waals surface area (Å²) >= 11 is 0. The minimum atomic E-state index is -0.517. The fourth-order valence-corrected chi connectivity index (χ4v) is 3.81. The van der Waals surface area contributed by atoms with E-state index < -0.39 is 11.7 Å². The summed E-state index contributed by atoms with van der Waals surface area (Å²) in [6.45, 7) is 0.578. The van der Waals surface area contributed by atoms with Gasteiger partial charge in [-0.05, 0) is 36.2 Å². The van der Waals surface area contributed by atoms with E-state index in [-0.39, 0.29) is 36.0 Å². The highest BCUT2D eigenvalue weighted by Gasteiger charge is 2.37. The van der Waals surface area contributed by atoms with Crippen LogP contribution in [0.2, 0.25) is 0 Å². The van der Waals surface area contributed by atoms with Crippen molar-refractivity contribution in [3.63, 3.8) is 0 Å². The molecule has 0 saturated carbocycles. The number of rotatable bonds is 7. The first-order valence-electron chi connectivity index (χ1n) is 9.93. The fourth-order valence-electron chi connectivity index (χ4n) is 3.81. The number of carbonyl (C=O) groups is 2. The minimum absolute atomic E-state index is 0.0605. The first kappa shape index (κ1) is 20.6. The molecule has 1 aromatic heterocycles. The van der Waals surface area contributed by atoms with E-state index in [0.717, 1.165) is 5.56 Å². The van der Waals surface area contributed by atoms with Crippen molar-refractivity contribution in [2.45, 2.75) is 12.8 Å². The van der Waals surface area contributed by atoms with Crippen LogP contribution >= 0.6 is 0 Å². The lowest BCUT2D eigenvalue weighted by Gasteiger charge is -2.14. The lowest BCUT2D eigenvalue weighted by molar-refractivity contribution is -0.126. The Morgan fingerprint density at radius 1 is 1.26 bits per heavy atom. The molecule has 0 aliphatic carbocycles. The van der Waals surface area contributed by atoms with Crippen LogP contribution in [0.5, 0.6) is 11.5 Å². The van der Waals surface area contributed by atoms with Crippen LogP contribution < -0.4 is 19.7 Å². The van der Waals surface area contributed by atoms with Crippen LogP contribution in [0.25, 0.3) is 10.9 Å². The largest absolute Gasteiger partial charge is 0.493 e. The van der Waals surface area contributed by atoms with E-state index >= 15 is 0 Å². The van der Waals surface area contributed by atoms with Crippen molar-refractivity contribution in [2.75, 3.05) is 32.2 Å². The standard InChI is InChI=1S/C22H23FN4O4/c1-30-17-7-6-13(10-18(17)31-2)8-9-24-22(29)14-11-19(28)27(12-14)21-20-15(23)4-3-5-16(20)25-26-21/h3-7,10,14H,8-9,11-12H2,1-2H3,(H,24,29)(H,25,26)/t14-/m1/s1. The van der Waals surface area contributed by atoms with E-state index in [9.17, 15) is 14.0 Å². The van der Waals surface area contributed by atoms with E-state index in [4.69, 9.17) is 9.47 Å². The second-order valence-electron chi connectivity index (χ2n) is 7.35. The topological polar surface area (TPSA) is 96.5 Å². The van der Waals surface area contributed by atoms with Gasteiger partial charge in [0, 0.05) is 19.5 Å². The zero-order chi connectivity index (χ0) is 22.0. The molecule has 8 nitrogen and oxygen atoms in total. The molecule has 1 aliphatic heterocycles. The Morgan fingerprint density at radius 2 is 2.06 bits per heavy atom. The van der Waals surface area contributed by atoms with Gasteiger partial charge in [-0.3, -0.25) is 19.6 Å². The predicted molar refractivity (Wildman–Crippen MR) is 113 cm³/mol. The van der Waals surface area contributed by atoms with Crippen LogP contribution in [0, 0.1) is 11.7 Å². The lowest BCUT2D eigenvalue weighted by Crippen LogP contribution is -2.34. The fraction of sp³-hybridized carbons (Fsp3) is 0.318. The number of aromatic amines is 1. The Labute approximate surface area is 178 Å². The van der Waals surface area contributed by atoms with Crippen LogP contribution in [-0.2, 0) is 16.0 Å². The van der Waals surface area contributed by atoms with Crippen molar-refractivity contribution in [1.29, 1.82) is 0 Å². The van der Waals surface area contributed by atoms with Gasteiger partial charge in [0.15, 0.2) is 17.3 Å². The number of nitrogens with one attached hydrogen (secondary N) is 2. The third-order valence-corrected chi connectivity index (χ3v) is 5.43. The molecule has 1 aliphatic rings. The average Bonchev–Trinajstić information content (AvgIpc) is 3.37. The molecule has 0 radical (unpaired) electrons. The van der Waals surface area contributed by atoms with Gasteiger partial charge in [0.25, 0.3) is 0 Å². The summed E-state index contributed by atoms with van der Waals surface area (Å²) in [5, 5.41) is 9.97. The molecule has 1 fully saturated rings. The lowest BCUT2D eigenvalue weighted by atomic mass is 10.1. The van der Waals surface area contributed by atoms with Crippen molar-refractivity contribution in [3.05, 3.63) is 47.8 Å². The Hall–Kier alpha value is -3.62. The molecule has 31 heavy (non-hydrogen) atoms. The van der Waals surface area contributed by atoms with Crippen molar-refractivity contribution >= 4 is 28.5 Å². The van der Waals surface area contributed by atoms with Crippen LogP contribution in [0.3, 0.4) is 0 Å². The summed E-state index contributed by atoms with van der Waals surface area (Å²) in [5.74, 6) is 0.0457. The summed E-state index contributed by atoms with van der Waals surface area (Å²) < 4.78 is 24.8. The third-order valence-electron chi connectivity index (χ3n) is 5.43. The second-order valence-corrected chi connectivity index (χ2v) is 7.35. The molecule has 0 unspecified atom stereocenters. The molecule has 9 heteroatoms. The molecule has 0 bridgehead atoms. The molecule has 0 spiro atoms. The number of hydrogen-bond acceptors (Lipinski definition) is 5. The van der Waals surface area contributed by atoms with Crippen LogP contribution in [0.15, 0.2) is 36.4 Å². The summed E-state index contributed by atoms with van der Waals surface area (Å²) in [4.78, 5) is 26.5. The normalized spacial score (nSPS) is 16.0. The number of halogens is 1. The molecular formula is C22H23FN4O4. The van der Waals surface area contributed by atoms with Crippen molar-refractivity contribution in [3.8, 4) is 11.5 Å². The Bertz CT molecular complexity index is 1130. The smallest absolute Gasteiger partial charge is 0.229 e. The van der Waals surface area contributed by atoms with Crippen molar-refractivity contribution < 1.29 is 23.5 Å². The highest BCUT2D eigenvalue weighted by Crippen LogP contribution is 2.31. The van der Waals surface area contributed by atoms with Crippen molar-refractivity contribution in [2.24, 2.45) is 5.92 Å². The maximum Gasteiger partial charge on any atom is 0.229 e. The first-order valence-corrected chi connectivity index (χ1v) is 9.93. The Morgan fingerprint density at radius 3 is 2.84 bits per heavy atom. The highest BCUT2D eigenvalue weighted by molar-refractivity contribution is 6.05. The molecule has 2 heterocycles. The van der Waals surface area contributed by atoms with Gasteiger partial charge in [0.2, 0.25) is 11.8 Å². The van der Waals surface area contributed by atoms with Gasteiger partial charge in [-0.25, -0.2) is 4.39 Å². The average molecular weight is 426 g/mol. The minimum Gasteiger partial charge on any atom is -0.493 e. The molecule has 4 rings (SSSR count). The SMILES string of the molecule is COc1ccc(CCNC(=O)[C@@H]2CC(=O)N(c3n[nH]c4cccc(F)c34)C2)cc1OC. The summed E-state index contributed by atoms with van der Waals surface area (Å²) in [6, 6.07) is 10.2.